The molecule has 0 radical (unpaired) electrons. The predicted octanol–water partition coefficient (Wildman–Crippen LogP) is 3.11. The third kappa shape index (κ3) is 4.71. The van der Waals surface area contributed by atoms with E-state index < -0.39 is 0 Å². The zero-order valence-corrected chi connectivity index (χ0v) is 13.7. The largest absolute Gasteiger partial charge is 0.508 e. The summed E-state index contributed by atoms with van der Waals surface area (Å²) in [5.74, 6) is 1.07. The fourth-order valence-electron chi connectivity index (χ4n) is 2.40. The molecule has 124 valence electrons. The number of aliphatic hydroxyl groups is 1. The summed E-state index contributed by atoms with van der Waals surface area (Å²) in [4.78, 5) is 0. The van der Waals surface area contributed by atoms with E-state index in [1.165, 1.54) is 5.56 Å². The minimum Gasteiger partial charge on any atom is -0.508 e. The maximum atomic E-state index is 9.43. The molecule has 23 heavy (non-hydrogen) atoms. The predicted molar refractivity (Wildman–Crippen MR) is 90.1 cm³/mol. The van der Waals surface area contributed by atoms with Crippen molar-refractivity contribution in [2.24, 2.45) is 0 Å². The molecule has 0 amide bonds. The maximum absolute atomic E-state index is 9.43. The highest BCUT2D eigenvalue weighted by Gasteiger charge is 2.22. The van der Waals surface area contributed by atoms with Gasteiger partial charge in [0.25, 0.3) is 0 Å². The Morgan fingerprint density at radius 2 is 1.39 bits per heavy atom. The lowest BCUT2D eigenvalue weighted by Gasteiger charge is -2.26. The van der Waals surface area contributed by atoms with Gasteiger partial charge < -0.3 is 19.7 Å². The summed E-state index contributed by atoms with van der Waals surface area (Å²) in [6, 6.07) is 15.3. The Bertz CT molecular complexity index is 588. The second kappa shape index (κ2) is 7.99. The van der Waals surface area contributed by atoms with Gasteiger partial charge >= 0.3 is 0 Å². The van der Waals surface area contributed by atoms with E-state index in [9.17, 15) is 5.11 Å². The van der Waals surface area contributed by atoms with Gasteiger partial charge in [0, 0.05) is 5.41 Å². The van der Waals surface area contributed by atoms with Crippen LogP contribution in [-0.2, 0) is 10.2 Å². The molecule has 2 rings (SSSR count). The van der Waals surface area contributed by atoms with Crippen molar-refractivity contribution in [3.8, 4) is 11.5 Å². The quantitative estimate of drug-likeness (QED) is 0.735. The van der Waals surface area contributed by atoms with E-state index in [-0.39, 0.29) is 17.8 Å². The summed E-state index contributed by atoms with van der Waals surface area (Å²) in [5.41, 5.74) is 2.16. The molecule has 2 aromatic rings. The van der Waals surface area contributed by atoms with Crippen LogP contribution in [-0.4, -0.2) is 36.6 Å². The number of benzene rings is 2. The molecule has 0 saturated carbocycles. The third-order valence-electron chi connectivity index (χ3n) is 3.90. The number of rotatable bonds is 8. The molecule has 0 aliphatic carbocycles. The lowest BCUT2D eigenvalue weighted by atomic mass is 9.78. The van der Waals surface area contributed by atoms with Crippen LogP contribution in [0.2, 0.25) is 0 Å². The fourth-order valence-corrected chi connectivity index (χ4v) is 2.40. The number of phenols is 1. The average Bonchev–Trinajstić information content (AvgIpc) is 2.55. The van der Waals surface area contributed by atoms with Crippen LogP contribution in [0.5, 0.6) is 11.5 Å². The normalized spacial score (nSPS) is 11.4. The number of hydrogen-bond donors (Lipinski definition) is 2. The van der Waals surface area contributed by atoms with Gasteiger partial charge in [0.05, 0.1) is 19.8 Å². The van der Waals surface area contributed by atoms with Crippen molar-refractivity contribution >= 4 is 0 Å². The standard InChI is InChI=1S/C19H24O4/c1-19(2,15-3-7-17(21)8-4-15)16-5-9-18(10-6-16)23-14-13-22-12-11-20/h3-10,20-21H,11-14H2,1-2H3. The lowest BCUT2D eigenvalue weighted by Crippen LogP contribution is -2.18. The van der Waals surface area contributed by atoms with Crippen LogP contribution in [0, 0.1) is 0 Å². The highest BCUT2D eigenvalue weighted by molar-refractivity contribution is 5.41. The summed E-state index contributed by atoms with van der Waals surface area (Å²) < 4.78 is 10.8. The van der Waals surface area contributed by atoms with Gasteiger partial charge in [-0.1, -0.05) is 38.1 Å². The van der Waals surface area contributed by atoms with Crippen molar-refractivity contribution in [1.82, 2.24) is 0 Å². The highest BCUT2D eigenvalue weighted by atomic mass is 16.5. The molecule has 0 bridgehead atoms. The Morgan fingerprint density at radius 1 is 0.826 bits per heavy atom. The fraction of sp³-hybridized carbons (Fsp3) is 0.368. The smallest absolute Gasteiger partial charge is 0.119 e. The summed E-state index contributed by atoms with van der Waals surface area (Å²) in [7, 11) is 0. The first kappa shape index (κ1) is 17.3. The number of phenolic OH excluding ortho intramolecular Hbond substituents is 1. The van der Waals surface area contributed by atoms with E-state index in [1.54, 1.807) is 12.1 Å². The second-order valence-corrected chi connectivity index (χ2v) is 5.88. The molecule has 0 heterocycles. The lowest BCUT2D eigenvalue weighted by molar-refractivity contribution is 0.0705. The van der Waals surface area contributed by atoms with Crippen molar-refractivity contribution in [3.63, 3.8) is 0 Å². The molecule has 0 spiro atoms. The molecule has 0 unspecified atom stereocenters. The summed E-state index contributed by atoms with van der Waals surface area (Å²) in [6.07, 6.45) is 0. The van der Waals surface area contributed by atoms with Crippen molar-refractivity contribution in [2.45, 2.75) is 19.3 Å². The minimum atomic E-state index is -0.156. The Balaban J connectivity index is 1.99. The third-order valence-corrected chi connectivity index (χ3v) is 3.90. The first-order valence-electron chi connectivity index (χ1n) is 7.75. The zero-order valence-electron chi connectivity index (χ0n) is 13.7. The number of aliphatic hydroxyl groups excluding tert-OH is 1. The Labute approximate surface area is 137 Å². The van der Waals surface area contributed by atoms with Crippen LogP contribution in [0.15, 0.2) is 48.5 Å². The van der Waals surface area contributed by atoms with E-state index in [2.05, 4.69) is 26.0 Å². The van der Waals surface area contributed by atoms with Gasteiger partial charge in [0.15, 0.2) is 0 Å². The molecule has 0 atom stereocenters. The molecule has 0 aromatic heterocycles. The van der Waals surface area contributed by atoms with Gasteiger partial charge in [-0.15, -0.1) is 0 Å². The van der Waals surface area contributed by atoms with E-state index in [1.807, 2.05) is 24.3 Å². The van der Waals surface area contributed by atoms with Gasteiger partial charge in [0.2, 0.25) is 0 Å². The molecule has 4 nitrogen and oxygen atoms in total. The maximum Gasteiger partial charge on any atom is 0.119 e. The summed E-state index contributed by atoms with van der Waals surface area (Å²) in [6.45, 7) is 5.59. The van der Waals surface area contributed by atoms with Crippen LogP contribution in [0.4, 0.5) is 0 Å². The first-order valence-corrected chi connectivity index (χ1v) is 7.75. The van der Waals surface area contributed by atoms with Gasteiger partial charge in [-0.25, -0.2) is 0 Å². The monoisotopic (exact) mass is 316 g/mol. The van der Waals surface area contributed by atoms with Crippen molar-refractivity contribution in [3.05, 3.63) is 59.7 Å². The first-order chi connectivity index (χ1) is 11.0. The van der Waals surface area contributed by atoms with Crippen LogP contribution < -0.4 is 4.74 Å². The Morgan fingerprint density at radius 3 is 1.96 bits per heavy atom. The van der Waals surface area contributed by atoms with Crippen molar-refractivity contribution < 1.29 is 19.7 Å². The van der Waals surface area contributed by atoms with E-state index in [0.29, 0.717) is 19.8 Å². The Hall–Kier alpha value is -2.04. The van der Waals surface area contributed by atoms with E-state index >= 15 is 0 Å². The molecule has 0 saturated heterocycles. The van der Waals surface area contributed by atoms with Gasteiger partial charge in [-0.05, 0) is 35.4 Å². The topological polar surface area (TPSA) is 58.9 Å². The van der Waals surface area contributed by atoms with Crippen molar-refractivity contribution in [1.29, 1.82) is 0 Å². The molecular formula is C19H24O4. The van der Waals surface area contributed by atoms with Gasteiger partial charge in [-0.3, -0.25) is 0 Å². The molecule has 2 N–H and O–H groups in total. The molecule has 4 heteroatoms. The summed E-state index contributed by atoms with van der Waals surface area (Å²) in [5, 5.41) is 18.0. The second-order valence-electron chi connectivity index (χ2n) is 5.88. The number of hydrogen-bond acceptors (Lipinski definition) is 4. The summed E-state index contributed by atoms with van der Waals surface area (Å²) >= 11 is 0. The minimum absolute atomic E-state index is 0.0288. The van der Waals surface area contributed by atoms with Gasteiger partial charge in [-0.2, -0.15) is 0 Å². The zero-order chi connectivity index (χ0) is 16.7. The van der Waals surface area contributed by atoms with Crippen LogP contribution in [0.3, 0.4) is 0 Å². The number of ether oxygens (including phenoxy) is 2. The van der Waals surface area contributed by atoms with E-state index in [0.717, 1.165) is 11.3 Å². The molecule has 0 fully saturated rings. The number of aromatic hydroxyl groups is 1. The SMILES string of the molecule is CC(C)(c1ccc(O)cc1)c1ccc(OCCOCCO)cc1. The van der Waals surface area contributed by atoms with Gasteiger partial charge in [0.1, 0.15) is 18.1 Å². The van der Waals surface area contributed by atoms with Crippen molar-refractivity contribution in [2.75, 3.05) is 26.4 Å². The van der Waals surface area contributed by atoms with Crippen LogP contribution in [0.25, 0.3) is 0 Å². The Kier molecular flexibility index (Phi) is 6.02. The molecule has 0 aliphatic rings. The van der Waals surface area contributed by atoms with E-state index in [4.69, 9.17) is 14.6 Å². The highest BCUT2D eigenvalue weighted by Crippen LogP contribution is 2.33. The molecule has 2 aromatic carbocycles. The molecule has 0 aliphatic heterocycles. The van der Waals surface area contributed by atoms with Crippen LogP contribution >= 0.6 is 0 Å². The van der Waals surface area contributed by atoms with Crippen LogP contribution in [0.1, 0.15) is 25.0 Å². The molecular weight excluding hydrogens is 292 g/mol. The average molecular weight is 316 g/mol.